The van der Waals surface area contributed by atoms with Gasteiger partial charge in [0.2, 0.25) is 0 Å². The van der Waals surface area contributed by atoms with Gasteiger partial charge in [-0.15, -0.1) is 24.0 Å². The summed E-state index contributed by atoms with van der Waals surface area (Å²) in [5.41, 5.74) is 4.04. The minimum atomic E-state index is 0. The van der Waals surface area contributed by atoms with Crippen molar-refractivity contribution < 1.29 is 0 Å². The van der Waals surface area contributed by atoms with Crippen molar-refractivity contribution in [1.29, 1.82) is 0 Å². The van der Waals surface area contributed by atoms with Crippen molar-refractivity contribution in [3.63, 3.8) is 0 Å². The zero-order valence-electron chi connectivity index (χ0n) is 11.9. The normalized spacial score (nSPS) is 10.8. The highest BCUT2D eigenvalue weighted by atomic mass is 127. The Hall–Kier alpha value is -0.780. The molecule has 1 aromatic rings. The van der Waals surface area contributed by atoms with Crippen LogP contribution in [0.4, 0.5) is 0 Å². The highest BCUT2D eigenvalue weighted by Gasteiger charge is 2.00. The number of nitrogens with zero attached hydrogens (tertiary/aromatic N) is 2. The van der Waals surface area contributed by atoms with E-state index in [1.165, 1.54) is 16.7 Å². The lowest BCUT2D eigenvalue weighted by atomic mass is 10.1. The molecule has 3 nitrogen and oxygen atoms in total. The molecule has 0 heterocycles. The monoisotopic (exact) mass is 361 g/mol. The number of aliphatic imine (C=N–C) groups is 1. The predicted octanol–water partition coefficient (Wildman–Crippen LogP) is 2.60. The Labute approximate surface area is 128 Å². The van der Waals surface area contributed by atoms with Crippen molar-refractivity contribution in [3.8, 4) is 0 Å². The summed E-state index contributed by atoms with van der Waals surface area (Å²) >= 11 is 0. The molecule has 0 aromatic heterocycles. The molecule has 18 heavy (non-hydrogen) atoms. The summed E-state index contributed by atoms with van der Waals surface area (Å²) in [7, 11) is 5.79. The van der Waals surface area contributed by atoms with Gasteiger partial charge in [0.25, 0.3) is 0 Å². The lowest BCUT2D eigenvalue weighted by molar-refractivity contribution is 0.583. The average Bonchev–Trinajstić information content (AvgIpc) is 2.22. The second-order valence-electron chi connectivity index (χ2n) is 4.61. The maximum absolute atomic E-state index is 4.19. The van der Waals surface area contributed by atoms with Crippen LogP contribution in [0.5, 0.6) is 0 Å². The summed E-state index contributed by atoms with van der Waals surface area (Å²) in [4.78, 5) is 6.17. The first-order valence-corrected chi connectivity index (χ1v) is 5.98. The van der Waals surface area contributed by atoms with Crippen LogP contribution in [-0.4, -0.2) is 38.5 Å². The minimum Gasteiger partial charge on any atom is -0.356 e. The van der Waals surface area contributed by atoms with Gasteiger partial charge in [0, 0.05) is 27.7 Å². The van der Waals surface area contributed by atoms with E-state index >= 15 is 0 Å². The molecule has 1 rings (SSSR count). The highest BCUT2D eigenvalue weighted by molar-refractivity contribution is 14.0. The van der Waals surface area contributed by atoms with E-state index in [1.54, 1.807) is 7.05 Å². The van der Waals surface area contributed by atoms with Gasteiger partial charge in [0.1, 0.15) is 0 Å². The van der Waals surface area contributed by atoms with Crippen molar-refractivity contribution in [3.05, 3.63) is 34.9 Å². The summed E-state index contributed by atoms with van der Waals surface area (Å²) < 4.78 is 0. The van der Waals surface area contributed by atoms with Crippen LogP contribution in [0.25, 0.3) is 0 Å². The quantitative estimate of drug-likeness (QED) is 0.509. The summed E-state index contributed by atoms with van der Waals surface area (Å²) in [6.07, 6.45) is 1.02. The number of hydrogen-bond acceptors (Lipinski definition) is 1. The summed E-state index contributed by atoms with van der Waals surface area (Å²) in [5.74, 6) is 0.925. The van der Waals surface area contributed by atoms with Crippen molar-refractivity contribution in [1.82, 2.24) is 10.2 Å². The highest BCUT2D eigenvalue weighted by Crippen LogP contribution is 2.08. The largest absolute Gasteiger partial charge is 0.356 e. The first-order valence-electron chi connectivity index (χ1n) is 5.98. The molecule has 0 aliphatic carbocycles. The van der Waals surface area contributed by atoms with Gasteiger partial charge in [0.15, 0.2) is 5.96 Å². The van der Waals surface area contributed by atoms with Crippen molar-refractivity contribution in [2.24, 2.45) is 4.99 Å². The number of nitrogens with one attached hydrogen (secondary N) is 1. The van der Waals surface area contributed by atoms with Crippen LogP contribution in [-0.2, 0) is 6.42 Å². The fourth-order valence-electron chi connectivity index (χ4n) is 1.97. The molecular weight excluding hydrogens is 337 g/mol. The molecule has 0 bridgehead atoms. The van der Waals surface area contributed by atoms with E-state index < -0.39 is 0 Å². The van der Waals surface area contributed by atoms with Crippen LogP contribution < -0.4 is 5.32 Å². The molecule has 0 unspecified atom stereocenters. The van der Waals surface area contributed by atoms with Crippen LogP contribution in [0.15, 0.2) is 23.2 Å². The van der Waals surface area contributed by atoms with E-state index in [0.29, 0.717) is 0 Å². The van der Waals surface area contributed by atoms with Gasteiger partial charge in [0.05, 0.1) is 0 Å². The maximum atomic E-state index is 4.19. The second kappa shape index (κ2) is 8.34. The topological polar surface area (TPSA) is 27.6 Å². The number of guanidine groups is 1. The van der Waals surface area contributed by atoms with Gasteiger partial charge in [-0.05, 0) is 25.8 Å². The van der Waals surface area contributed by atoms with E-state index in [-0.39, 0.29) is 24.0 Å². The van der Waals surface area contributed by atoms with Crippen LogP contribution in [0.3, 0.4) is 0 Å². The van der Waals surface area contributed by atoms with Gasteiger partial charge in [-0.1, -0.05) is 29.3 Å². The molecular formula is C14H24IN3. The van der Waals surface area contributed by atoms with Gasteiger partial charge in [-0.3, -0.25) is 4.99 Å². The van der Waals surface area contributed by atoms with Crippen LogP contribution in [0.2, 0.25) is 0 Å². The lowest BCUT2D eigenvalue weighted by Crippen LogP contribution is -2.37. The van der Waals surface area contributed by atoms with E-state index in [2.05, 4.69) is 42.4 Å². The second-order valence-corrected chi connectivity index (χ2v) is 4.61. The molecule has 0 saturated carbocycles. The zero-order chi connectivity index (χ0) is 12.8. The number of benzene rings is 1. The van der Waals surface area contributed by atoms with Crippen molar-refractivity contribution in [2.75, 3.05) is 27.7 Å². The molecule has 0 atom stereocenters. The predicted molar refractivity (Wildman–Crippen MR) is 90.1 cm³/mol. The van der Waals surface area contributed by atoms with Crippen molar-refractivity contribution in [2.45, 2.75) is 20.3 Å². The summed E-state index contributed by atoms with van der Waals surface area (Å²) in [5, 5.41) is 3.33. The van der Waals surface area contributed by atoms with Gasteiger partial charge >= 0.3 is 0 Å². The summed E-state index contributed by atoms with van der Waals surface area (Å²) in [6.45, 7) is 5.19. The number of halogens is 1. The first-order chi connectivity index (χ1) is 8.02. The molecule has 0 aliphatic heterocycles. The van der Waals surface area contributed by atoms with Gasteiger partial charge in [-0.25, -0.2) is 0 Å². The first kappa shape index (κ1) is 17.2. The Morgan fingerprint density at radius 1 is 1.17 bits per heavy atom. The smallest absolute Gasteiger partial charge is 0.193 e. The third kappa shape index (κ3) is 5.71. The maximum Gasteiger partial charge on any atom is 0.193 e. The molecule has 0 radical (unpaired) electrons. The third-order valence-electron chi connectivity index (χ3n) is 2.61. The fraction of sp³-hybridized carbons (Fsp3) is 0.500. The number of rotatable bonds is 3. The fourth-order valence-corrected chi connectivity index (χ4v) is 1.97. The molecule has 1 aromatic carbocycles. The lowest BCUT2D eigenvalue weighted by Gasteiger charge is -2.16. The Bertz CT molecular complexity index is 380. The number of aryl methyl sites for hydroxylation is 2. The van der Waals surface area contributed by atoms with E-state index in [0.717, 1.165) is 18.9 Å². The number of hydrogen-bond donors (Lipinski definition) is 1. The molecule has 0 saturated heterocycles. The van der Waals surface area contributed by atoms with Crippen LogP contribution >= 0.6 is 24.0 Å². The molecule has 0 amide bonds. The Morgan fingerprint density at radius 3 is 2.17 bits per heavy atom. The third-order valence-corrected chi connectivity index (χ3v) is 2.61. The molecule has 0 aliphatic rings. The van der Waals surface area contributed by atoms with Crippen LogP contribution in [0.1, 0.15) is 16.7 Å². The SMILES string of the molecule is CN=C(NCCc1cc(C)cc(C)c1)N(C)C.I. The molecule has 1 N–H and O–H groups in total. The Balaban J connectivity index is 0.00000289. The van der Waals surface area contributed by atoms with Crippen LogP contribution in [0, 0.1) is 13.8 Å². The van der Waals surface area contributed by atoms with Gasteiger partial charge < -0.3 is 10.2 Å². The molecule has 0 fully saturated rings. The minimum absolute atomic E-state index is 0. The zero-order valence-corrected chi connectivity index (χ0v) is 14.3. The van der Waals surface area contributed by atoms with E-state index in [1.807, 2.05) is 19.0 Å². The molecule has 4 heteroatoms. The summed E-state index contributed by atoms with van der Waals surface area (Å²) in [6, 6.07) is 6.69. The molecule has 102 valence electrons. The van der Waals surface area contributed by atoms with E-state index in [4.69, 9.17) is 0 Å². The molecule has 0 spiro atoms. The Kier molecular flexibility index (Phi) is 7.98. The standard InChI is InChI=1S/C14H23N3.HI/c1-11-8-12(2)10-13(9-11)6-7-16-14(15-3)17(4)5;/h8-10H,6-7H2,1-5H3,(H,15,16);1H. The van der Waals surface area contributed by atoms with Crippen molar-refractivity contribution >= 4 is 29.9 Å². The Morgan fingerprint density at radius 2 is 1.72 bits per heavy atom. The van der Waals surface area contributed by atoms with E-state index in [9.17, 15) is 0 Å². The average molecular weight is 361 g/mol. The van der Waals surface area contributed by atoms with Gasteiger partial charge in [-0.2, -0.15) is 0 Å².